The zero-order valence-electron chi connectivity index (χ0n) is 29.8. The molecule has 0 radical (unpaired) electrons. The van der Waals surface area contributed by atoms with Crippen LogP contribution in [0.1, 0.15) is 25.7 Å². The molecule has 3 saturated heterocycles. The van der Waals surface area contributed by atoms with Crippen molar-refractivity contribution in [2.45, 2.75) is 135 Å². The highest BCUT2D eigenvalue weighted by molar-refractivity contribution is 5.06. The van der Waals surface area contributed by atoms with Crippen molar-refractivity contribution in [1.82, 2.24) is 16.0 Å². The van der Waals surface area contributed by atoms with Crippen molar-refractivity contribution in [3.63, 3.8) is 0 Å². The first-order valence-corrected chi connectivity index (χ1v) is 18.5. The van der Waals surface area contributed by atoms with Crippen LogP contribution in [0.15, 0.2) is 11.8 Å². The molecule has 0 amide bonds. The lowest BCUT2D eigenvalue weighted by Gasteiger charge is -2.46. The number of aliphatic hydroxyl groups is 7. The molecular formula is C32H62N8O13. The molecule has 53 heavy (non-hydrogen) atoms. The molecule has 1 unspecified atom stereocenters. The minimum atomic E-state index is -1.59. The van der Waals surface area contributed by atoms with Gasteiger partial charge in [-0.25, -0.2) is 0 Å². The van der Waals surface area contributed by atoms with Crippen molar-refractivity contribution in [3.05, 3.63) is 11.8 Å². The minimum Gasteiger partial charge on any atom is -0.467 e. The van der Waals surface area contributed by atoms with Gasteiger partial charge in [-0.3, -0.25) is 0 Å². The summed E-state index contributed by atoms with van der Waals surface area (Å²) in [7, 11) is 0. The first-order valence-electron chi connectivity index (χ1n) is 18.5. The van der Waals surface area contributed by atoms with E-state index in [2.05, 4.69) is 16.0 Å². The van der Waals surface area contributed by atoms with Gasteiger partial charge in [0.2, 0.25) is 6.29 Å². The molecule has 1 aliphatic carbocycles. The van der Waals surface area contributed by atoms with Gasteiger partial charge in [0.15, 0.2) is 12.6 Å². The van der Waals surface area contributed by atoms with E-state index in [-0.39, 0.29) is 26.1 Å². The predicted octanol–water partition coefficient (Wildman–Crippen LogP) is -8.02. The van der Waals surface area contributed by atoms with Crippen LogP contribution in [-0.4, -0.2) is 198 Å². The van der Waals surface area contributed by atoms with Crippen molar-refractivity contribution in [3.8, 4) is 0 Å². The topological polar surface area (TPSA) is 363 Å². The molecule has 0 aromatic heterocycles. The van der Waals surface area contributed by atoms with E-state index in [1.54, 1.807) is 0 Å². The first-order chi connectivity index (χ1) is 25.3. The van der Waals surface area contributed by atoms with Gasteiger partial charge < -0.3 is 109 Å². The summed E-state index contributed by atoms with van der Waals surface area (Å²) in [5.74, 6) is 0.546. The Morgan fingerprint density at radius 1 is 0.868 bits per heavy atom. The quantitative estimate of drug-likeness (QED) is 0.0693. The second kappa shape index (κ2) is 19.3. The molecule has 17 atom stereocenters. The average Bonchev–Trinajstić information content (AvgIpc) is 3.44. The summed E-state index contributed by atoms with van der Waals surface area (Å²) < 4.78 is 36.2. The molecule has 0 aromatic rings. The summed E-state index contributed by atoms with van der Waals surface area (Å²) in [6, 6.07) is -3.37. The van der Waals surface area contributed by atoms with E-state index in [1.807, 2.05) is 6.08 Å². The fourth-order valence-electron chi connectivity index (χ4n) is 7.41. The Labute approximate surface area is 308 Å². The van der Waals surface area contributed by atoms with E-state index < -0.39 is 116 Å². The molecule has 0 spiro atoms. The molecule has 21 nitrogen and oxygen atoms in total. The average molecular weight is 767 g/mol. The zero-order valence-corrected chi connectivity index (χ0v) is 29.8. The third-order valence-corrected chi connectivity index (χ3v) is 10.8. The van der Waals surface area contributed by atoms with Crippen molar-refractivity contribution in [2.75, 3.05) is 52.4 Å². The van der Waals surface area contributed by atoms with Gasteiger partial charge >= 0.3 is 0 Å². The number of piperidine rings is 1. The van der Waals surface area contributed by atoms with E-state index in [9.17, 15) is 35.7 Å². The molecule has 4 heterocycles. The number of hydrogen-bond acceptors (Lipinski definition) is 21. The van der Waals surface area contributed by atoms with Crippen molar-refractivity contribution >= 4 is 0 Å². The van der Waals surface area contributed by atoms with Crippen LogP contribution < -0.4 is 44.6 Å². The highest BCUT2D eigenvalue weighted by Crippen LogP contribution is 2.34. The van der Waals surface area contributed by atoms with Gasteiger partial charge in [0, 0.05) is 38.3 Å². The Morgan fingerprint density at radius 3 is 2.23 bits per heavy atom. The molecule has 4 fully saturated rings. The van der Waals surface area contributed by atoms with E-state index in [1.165, 1.54) is 0 Å². The Balaban J connectivity index is 1.28. The maximum Gasteiger partial charge on any atom is 0.215 e. The summed E-state index contributed by atoms with van der Waals surface area (Å²) in [5.41, 5.74) is 29.6. The summed E-state index contributed by atoms with van der Waals surface area (Å²) in [6.45, 7) is 1.36. The van der Waals surface area contributed by atoms with Gasteiger partial charge in [-0.1, -0.05) is 0 Å². The number of rotatable bonds is 16. The molecule has 1 saturated carbocycles. The van der Waals surface area contributed by atoms with Crippen LogP contribution in [0.25, 0.3) is 0 Å². The lowest BCUT2D eigenvalue weighted by atomic mass is 9.83. The molecule has 5 aliphatic rings. The molecule has 20 N–H and O–H groups in total. The van der Waals surface area contributed by atoms with Gasteiger partial charge in [-0.2, -0.15) is 0 Å². The van der Waals surface area contributed by atoms with Gasteiger partial charge in [-0.05, 0) is 44.8 Å². The summed E-state index contributed by atoms with van der Waals surface area (Å²) >= 11 is 0. The van der Waals surface area contributed by atoms with E-state index in [4.69, 9.17) is 57.1 Å². The van der Waals surface area contributed by atoms with Crippen molar-refractivity contribution in [1.29, 1.82) is 0 Å². The summed E-state index contributed by atoms with van der Waals surface area (Å²) in [6.07, 6.45) is -12.7. The largest absolute Gasteiger partial charge is 0.467 e. The highest BCUT2D eigenvalue weighted by atomic mass is 16.8. The van der Waals surface area contributed by atoms with Gasteiger partial charge in [-0.15, -0.1) is 0 Å². The van der Waals surface area contributed by atoms with Gasteiger partial charge in [0.1, 0.15) is 54.6 Å². The van der Waals surface area contributed by atoms with Crippen LogP contribution >= 0.6 is 0 Å². The second-order valence-corrected chi connectivity index (χ2v) is 14.8. The van der Waals surface area contributed by atoms with E-state index in [0.29, 0.717) is 38.1 Å². The molecule has 5 rings (SSSR count). The molecular weight excluding hydrogens is 704 g/mol. The Morgan fingerprint density at radius 2 is 1.55 bits per heavy atom. The van der Waals surface area contributed by atoms with Gasteiger partial charge in [0.05, 0.1) is 43.0 Å². The maximum atomic E-state index is 11.7. The van der Waals surface area contributed by atoms with Crippen LogP contribution in [0.3, 0.4) is 0 Å². The lowest BCUT2D eigenvalue weighted by Crippen LogP contribution is -2.66. The molecule has 0 bridgehead atoms. The smallest absolute Gasteiger partial charge is 0.215 e. The molecule has 308 valence electrons. The summed E-state index contributed by atoms with van der Waals surface area (Å²) in [4.78, 5) is 0. The van der Waals surface area contributed by atoms with Crippen LogP contribution in [0.5, 0.6) is 0 Å². The molecule has 4 aliphatic heterocycles. The van der Waals surface area contributed by atoms with Crippen molar-refractivity contribution in [2.24, 2.45) is 28.7 Å². The highest BCUT2D eigenvalue weighted by Gasteiger charge is 2.54. The molecule has 0 aromatic carbocycles. The first kappa shape index (κ1) is 42.9. The predicted molar refractivity (Wildman–Crippen MR) is 185 cm³/mol. The number of hydrogen-bond donors (Lipinski definition) is 15. The number of nitrogens with one attached hydrogen (secondary N) is 3. The monoisotopic (exact) mass is 766 g/mol. The van der Waals surface area contributed by atoms with Crippen molar-refractivity contribution < 1.29 is 64.2 Å². The molecule has 21 heteroatoms. The Kier molecular flexibility index (Phi) is 15.6. The van der Waals surface area contributed by atoms with Crippen LogP contribution in [-0.2, 0) is 28.4 Å². The van der Waals surface area contributed by atoms with E-state index in [0.717, 1.165) is 13.1 Å². The maximum absolute atomic E-state index is 11.7. The third-order valence-electron chi connectivity index (χ3n) is 10.8. The third kappa shape index (κ3) is 10.4. The summed E-state index contributed by atoms with van der Waals surface area (Å²) in [5, 5.41) is 84.5. The normalized spacial score (nSPS) is 44.0. The van der Waals surface area contributed by atoms with Crippen LogP contribution in [0.4, 0.5) is 0 Å². The Hall–Kier alpha value is -1.26. The van der Waals surface area contributed by atoms with Crippen LogP contribution in [0.2, 0.25) is 0 Å². The lowest BCUT2D eigenvalue weighted by molar-refractivity contribution is -0.282. The number of ether oxygens (including phenoxy) is 6. The number of nitrogens with two attached hydrogens (primary N) is 5. The Bertz CT molecular complexity index is 1160. The second-order valence-electron chi connectivity index (χ2n) is 14.8. The van der Waals surface area contributed by atoms with E-state index >= 15 is 0 Å². The number of aliphatic hydroxyl groups excluding tert-OH is 6. The van der Waals surface area contributed by atoms with Gasteiger partial charge in [0.25, 0.3) is 0 Å². The SMILES string of the molecule is NCC(O)CN[C@@H]1C[C@H](N)[C@@H](O[C@H]2OC(CNCC3(O)CCNCC3)=CC[C@H]2N)[C@H](O[C@@H]2O[C@H](CO)[C@@H](O[C@H]3O[C@@H](CN)[C@@H](O)[C@H](O)[C@H]3N)[C@H]2O)[C@H]1O. The van der Waals surface area contributed by atoms with Crippen LogP contribution in [0, 0.1) is 0 Å². The fraction of sp³-hybridized carbons (Fsp3) is 0.938. The zero-order chi connectivity index (χ0) is 38.4. The minimum absolute atomic E-state index is 0.0198. The fourth-order valence-corrected chi connectivity index (χ4v) is 7.41. The standard InChI is InChI=1S/C32H62N8O13/c33-8-14(42)10-40-18-7-17(36)26(51-29-16(35)2-1-15(48-29)11-39-13-32(47)3-5-38-6-4-32)28(22(18)43)53-31-25(46)27(20(12-41)50-31)52-30-21(37)24(45)23(44)19(9-34)49-30/h1,14,16-31,38-47H,2-13,33-37H2/t14?,16-,17+,18-,19+,20-,21-,22+,23-,24-,25-,26-,27-,28-,29-,30-,31+/m1/s1.